The van der Waals surface area contributed by atoms with Gasteiger partial charge in [-0.3, -0.25) is 0 Å². The highest BCUT2D eigenvalue weighted by Crippen LogP contribution is 2.47. The van der Waals surface area contributed by atoms with Crippen molar-refractivity contribution in [2.45, 2.75) is 0 Å². The van der Waals surface area contributed by atoms with Gasteiger partial charge in [-0.25, -0.2) is 4.98 Å². The van der Waals surface area contributed by atoms with E-state index < -0.39 is 0 Å². The SMILES string of the molecule is Brc1cc(-c2ccccc2)cc(N(c2ccccc2)c2ccccc2)c1Oc1ncncn1. The van der Waals surface area contributed by atoms with Crippen molar-refractivity contribution in [3.05, 3.63) is 120 Å². The van der Waals surface area contributed by atoms with Crippen LogP contribution in [0, 0.1) is 0 Å². The Bertz CT molecular complexity index is 1300. The Morgan fingerprint density at radius 2 is 1.18 bits per heavy atom. The largest absolute Gasteiger partial charge is 0.421 e. The molecule has 5 aromatic rings. The molecule has 6 heteroatoms. The lowest BCUT2D eigenvalue weighted by Gasteiger charge is -2.28. The zero-order chi connectivity index (χ0) is 22.5. The van der Waals surface area contributed by atoms with Crippen LogP contribution in [-0.2, 0) is 0 Å². The van der Waals surface area contributed by atoms with Crippen LogP contribution in [0.1, 0.15) is 0 Å². The molecule has 0 bridgehead atoms. The van der Waals surface area contributed by atoms with Gasteiger partial charge in [-0.15, -0.1) is 0 Å². The topological polar surface area (TPSA) is 51.1 Å². The minimum Gasteiger partial charge on any atom is -0.421 e. The first kappa shape index (κ1) is 20.8. The maximum absolute atomic E-state index is 6.20. The summed E-state index contributed by atoms with van der Waals surface area (Å²) in [5, 5.41) is 0. The maximum Gasteiger partial charge on any atom is 0.325 e. The van der Waals surface area contributed by atoms with Crippen molar-refractivity contribution in [2.24, 2.45) is 0 Å². The van der Waals surface area contributed by atoms with E-state index in [-0.39, 0.29) is 6.01 Å². The smallest absolute Gasteiger partial charge is 0.325 e. The molecule has 0 aliphatic carbocycles. The van der Waals surface area contributed by atoms with Gasteiger partial charge in [0.1, 0.15) is 12.7 Å². The van der Waals surface area contributed by atoms with Crippen molar-refractivity contribution in [1.29, 1.82) is 0 Å². The van der Waals surface area contributed by atoms with Gasteiger partial charge in [-0.05, 0) is 63.5 Å². The third kappa shape index (κ3) is 4.61. The van der Waals surface area contributed by atoms with Gasteiger partial charge >= 0.3 is 6.01 Å². The van der Waals surface area contributed by atoms with E-state index in [2.05, 4.69) is 78.2 Å². The second-order valence-corrected chi connectivity index (χ2v) is 8.06. The number of para-hydroxylation sites is 2. The second kappa shape index (κ2) is 9.63. The summed E-state index contributed by atoms with van der Waals surface area (Å²) in [4.78, 5) is 14.4. The lowest BCUT2D eigenvalue weighted by atomic mass is 10.0. The van der Waals surface area contributed by atoms with E-state index in [0.717, 1.165) is 32.7 Å². The zero-order valence-electron chi connectivity index (χ0n) is 17.5. The maximum atomic E-state index is 6.20. The Balaban J connectivity index is 1.75. The molecule has 0 aliphatic heterocycles. The van der Waals surface area contributed by atoms with Crippen LogP contribution in [0.4, 0.5) is 17.1 Å². The van der Waals surface area contributed by atoms with Gasteiger partial charge in [0.05, 0.1) is 10.2 Å². The van der Waals surface area contributed by atoms with Crippen molar-refractivity contribution < 1.29 is 4.74 Å². The van der Waals surface area contributed by atoms with E-state index in [1.54, 1.807) is 0 Å². The average molecular weight is 495 g/mol. The van der Waals surface area contributed by atoms with E-state index >= 15 is 0 Å². The number of hydrogen-bond donors (Lipinski definition) is 0. The molecule has 5 nitrogen and oxygen atoms in total. The van der Waals surface area contributed by atoms with Crippen LogP contribution < -0.4 is 9.64 Å². The molecule has 33 heavy (non-hydrogen) atoms. The second-order valence-electron chi connectivity index (χ2n) is 7.20. The number of rotatable bonds is 6. The molecule has 0 N–H and O–H groups in total. The monoisotopic (exact) mass is 494 g/mol. The van der Waals surface area contributed by atoms with Crippen LogP contribution in [0.3, 0.4) is 0 Å². The molecule has 160 valence electrons. The van der Waals surface area contributed by atoms with Crippen molar-refractivity contribution >= 4 is 33.0 Å². The molecule has 0 fully saturated rings. The third-order valence-corrected chi connectivity index (χ3v) is 5.65. The van der Waals surface area contributed by atoms with Crippen LogP contribution in [0.25, 0.3) is 11.1 Å². The molecule has 0 amide bonds. The first-order valence-corrected chi connectivity index (χ1v) is 11.2. The van der Waals surface area contributed by atoms with Crippen LogP contribution in [0.15, 0.2) is 120 Å². The summed E-state index contributed by atoms with van der Waals surface area (Å²) in [7, 11) is 0. The number of halogens is 1. The number of anilines is 3. The summed E-state index contributed by atoms with van der Waals surface area (Å²) in [5.74, 6) is 0.605. The van der Waals surface area contributed by atoms with Gasteiger partial charge in [0.2, 0.25) is 0 Å². The van der Waals surface area contributed by atoms with Crippen LogP contribution in [0.5, 0.6) is 11.8 Å². The third-order valence-electron chi connectivity index (χ3n) is 5.06. The van der Waals surface area contributed by atoms with Gasteiger partial charge < -0.3 is 9.64 Å². The van der Waals surface area contributed by atoms with Gasteiger partial charge in [-0.2, -0.15) is 9.97 Å². The number of benzene rings is 4. The van der Waals surface area contributed by atoms with Crippen LogP contribution >= 0.6 is 15.9 Å². The average Bonchev–Trinajstić information content (AvgIpc) is 2.88. The molecule has 0 atom stereocenters. The van der Waals surface area contributed by atoms with Gasteiger partial charge in [0.15, 0.2) is 5.75 Å². The molecule has 0 saturated carbocycles. The Morgan fingerprint density at radius 1 is 0.636 bits per heavy atom. The predicted octanol–water partition coefficient (Wildman–Crippen LogP) is 7.56. The summed E-state index contributed by atoms with van der Waals surface area (Å²) < 4.78 is 6.99. The Kier molecular flexibility index (Phi) is 6.08. The minimum atomic E-state index is 0.223. The molecule has 0 spiro atoms. The molecule has 0 aliphatic rings. The minimum absolute atomic E-state index is 0.223. The molecular formula is C27H19BrN4O. The van der Waals surface area contributed by atoms with E-state index in [0.29, 0.717) is 5.75 Å². The molecule has 0 radical (unpaired) electrons. The standard InChI is InChI=1S/C27H19BrN4O/c28-24-16-21(20-10-4-1-5-11-20)17-25(26(24)33-27-30-18-29-19-31-27)32(22-12-6-2-7-13-22)23-14-8-3-9-15-23/h1-19H. The Labute approximate surface area is 200 Å². The highest BCUT2D eigenvalue weighted by molar-refractivity contribution is 9.10. The fourth-order valence-electron chi connectivity index (χ4n) is 3.60. The molecule has 0 unspecified atom stereocenters. The first-order valence-electron chi connectivity index (χ1n) is 10.4. The van der Waals surface area contributed by atoms with Crippen molar-refractivity contribution in [3.63, 3.8) is 0 Å². The highest BCUT2D eigenvalue weighted by Gasteiger charge is 2.22. The van der Waals surface area contributed by atoms with Crippen molar-refractivity contribution in [1.82, 2.24) is 15.0 Å². The summed E-state index contributed by atoms with van der Waals surface area (Å²) >= 11 is 3.74. The number of hydrogen-bond acceptors (Lipinski definition) is 5. The number of ether oxygens (including phenoxy) is 1. The van der Waals surface area contributed by atoms with Gasteiger partial charge in [-0.1, -0.05) is 66.7 Å². The Morgan fingerprint density at radius 3 is 1.76 bits per heavy atom. The van der Waals surface area contributed by atoms with E-state index in [9.17, 15) is 0 Å². The highest BCUT2D eigenvalue weighted by atomic mass is 79.9. The lowest BCUT2D eigenvalue weighted by Crippen LogP contribution is -2.11. The fourth-order valence-corrected chi connectivity index (χ4v) is 4.13. The lowest BCUT2D eigenvalue weighted by molar-refractivity contribution is 0.438. The zero-order valence-corrected chi connectivity index (χ0v) is 19.1. The van der Waals surface area contributed by atoms with E-state index in [1.807, 2.05) is 60.7 Å². The number of aromatic nitrogens is 3. The van der Waals surface area contributed by atoms with Crippen molar-refractivity contribution in [2.75, 3.05) is 4.90 Å². The van der Waals surface area contributed by atoms with Crippen LogP contribution in [0.2, 0.25) is 0 Å². The van der Waals surface area contributed by atoms with E-state index in [4.69, 9.17) is 4.74 Å². The summed E-state index contributed by atoms with van der Waals surface area (Å²) in [6, 6.07) is 35.0. The molecule has 5 rings (SSSR count). The van der Waals surface area contributed by atoms with E-state index in [1.165, 1.54) is 12.7 Å². The molecule has 1 heterocycles. The van der Waals surface area contributed by atoms with Gasteiger partial charge in [0.25, 0.3) is 0 Å². The summed E-state index contributed by atoms with van der Waals surface area (Å²) in [6.45, 7) is 0. The number of nitrogens with zero attached hydrogens (tertiary/aromatic N) is 4. The van der Waals surface area contributed by atoms with Crippen LogP contribution in [-0.4, -0.2) is 15.0 Å². The quantitative estimate of drug-likeness (QED) is 0.243. The summed E-state index contributed by atoms with van der Waals surface area (Å²) in [6.07, 6.45) is 2.83. The molecule has 4 aromatic carbocycles. The molecule has 0 saturated heterocycles. The normalized spacial score (nSPS) is 10.6. The molecular weight excluding hydrogens is 476 g/mol. The predicted molar refractivity (Wildman–Crippen MR) is 134 cm³/mol. The Hall–Kier alpha value is -4.03. The fraction of sp³-hybridized carbons (Fsp3) is 0. The summed E-state index contributed by atoms with van der Waals surface area (Å²) in [5.41, 5.74) is 5.01. The molecule has 1 aromatic heterocycles. The van der Waals surface area contributed by atoms with Gasteiger partial charge in [0, 0.05) is 11.4 Å². The first-order chi connectivity index (χ1) is 16.3. The van der Waals surface area contributed by atoms with Crippen molar-refractivity contribution in [3.8, 4) is 22.9 Å².